The van der Waals surface area contributed by atoms with Crippen LogP contribution in [0.15, 0.2) is 63.7 Å². The lowest BCUT2D eigenvalue weighted by atomic mass is 10.2. The number of ether oxygens (including phenoxy) is 1. The van der Waals surface area contributed by atoms with Crippen molar-refractivity contribution < 1.29 is 13.9 Å². The largest absolute Gasteiger partial charge is 0.487 e. The minimum Gasteiger partial charge on any atom is -0.487 e. The highest BCUT2D eigenvalue weighted by molar-refractivity contribution is 9.10. The summed E-state index contributed by atoms with van der Waals surface area (Å²) in [5, 5.41) is 2.92. The molecule has 0 aliphatic heterocycles. The molecule has 1 heterocycles. The smallest absolute Gasteiger partial charge is 0.227 e. The summed E-state index contributed by atoms with van der Waals surface area (Å²) in [7, 11) is 0. The van der Waals surface area contributed by atoms with Crippen LogP contribution in [0.3, 0.4) is 0 Å². The molecule has 1 aliphatic carbocycles. The van der Waals surface area contributed by atoms with Crippen molar-refractivity contribution in [3.63, 3.8) is 0 Å². The van der Waals surface area contributed by atoms with E-state index in [9.17, 15) is 4.79 Å². The van der Waals surface area contributed by atoms with Crippen molar-refractivity contribution in [3.05, 3.63) is 65.0 Å². The van der Waals surface area contributed by atoms with Gasteiger partial charge in [-0.25, -0.2) is 4.98 Å². The Morgan fingerprint density at radius 1 is 1.23 bits per heavy atom. The van der Waals surface area contributed by atoms with E-state index >= 15 is 0 Å². The van der Waals surface area contributed by atoms with Crippen LogP contribution >= 0.6 is 15.9 Å². The molecule has 0 spiro atoms. The topological polar surface area (TPSA) is 64.4 Å². The third kappa shape index (κ3) is 4.14. The van der Waals surface area contributed by atoms with E-state index in [1.165, 1.54) is 0 Å². The minimum atomic E-state index is 0.0813. The highest BCUT2D eigenvalue weighted by Gasteiger charge is 2.29. The lowest BCUT2D eigenvalue weighted by Gasteiger charge is -2.08. The highest BCUT2D eigenvalue weighted by Crippen LogP contribution is 2.30. The molecule has 132 valence electrons. The van der Waals surface area contributed by atoms with Gasteiger partial charge >= 0.3 is 0 Å². The Balaban J connectivity index is 1.38. The maximum absolute atomic E-state index is 11.8. The van der Waals surface area contributed by atoms with Crippen molar-refractivity contribution in [1.82, 2.24) is 4.98 Å². The summed E-state index contributed by atoms with van der Waals surface area (Å²) >= 11 is 3.41. The summed E-state index contributed by atoms with van der Waals surface area (Å²) in [6.07, 6.45) is 3.56. The second-order valence-corrected chi connectivity index (χ2v) is 7.15. The third-order valence-corrected chi connectivity index (χ3v) is 4.61. The molecule has 0 unspecified atom stereocenters. The number of anilines is 1. The maximum Gasteiger partial charge on any atom is 0.227 e. The summed E-state index contributed by atoms with van der Waals surface area (Å²) in [6, 6.07) is 15.1. The van der Waals surface area contributed by atoms with E-state index in [1.54, 1.807) is 6.26 Å². The minimum absolute atomic E-state index is 0.0813. The van der Waals surface area contributed by atoms with Gasteiger partial charge in [-0.05, 0) is 49.2 Å². The zero-order chi connectivity index (χ0) is 17.9. The number of hydrogen-bond donors (Lipinski definition) is 1. The maximum atomic E-state index is 11.8. The Hall–Kier alpha value is -2.60. The lowest BCUT2D eigenvalue weighted by Crippen LogP contribution is -2.13. The number of nitrogens with zero attached hydrogens (tertiary/aromatic N) is 1. The zero-order valence-corrected chi connectivity index (χ0v) is 15.5. The number of halogens is 1. The van der Waals surface area contributed by atoms with Gasteiger partial charge in [0.2, 0.25) is 11.8 Å². The number of oxazole rings is 1. The van der Waals surface area contributed by atoms with Crippen molar-refractivity contribution in [1.29, 1.82) is 0 Å². The Bertz CT molecular complexity index is 917. The Labute approximate surface area is 159 Å². The van der Waals surface area contributed by atoms with Crippen molar-refractivity contribution in [2.75, 3.05) is 5.32 Å². The van der Waals surface area contributed by atoms with Gasteiger partial charge in [0.05, 0.1) is 0 Å². The molecule has 0 bridgehead atoms. The second kappa shape index (κ2) is 7.33. The number of rotatable bonds is 6. The lowest BCUT2D eigenvalue weighted by molar-refractivity contribution is -0.117. The number of amides is 1. The number of carbonyl (C=O) groups excluding carboxylic acids is 1. The van der Waals surface area contributed by atoms with Gasteiger partial charge in [-0.2, -0.15) is 0 Å². The standard InChI is InChI=1S/C20H17BrN2O3/c21-15-8-6-14(7-9-15)20-23-17(12-26-20)11-25-18-3-1-2-16(10-18)22-19(24)13-4-5-13/h1-3,6-10,12-13H,4-5,11H2,(H,22,24). The fourth-order valence-electron chi connectivity index (χ4n) is 2.51. The molecule has 0 saturated heterocycles. The van der Waals surface area contributed by atoms with Crippen LogP contribution in [0.2, 0.25) is 0 Å². The highest BCUT2D eigenvalue weighted by atomic mass is 79.9. The van der Waals surface area contributed by atoms with E-state index in [2.05, 4.69) is 26.2 Å². The van der Waals surface area contributed by atoms with Crippen LogP contribution in [-0.4, -0.2) is 10.9 Å². The molecule has 4 rings (SSSR count). The van der Waals surface area contributed by atoms with E-state index in [0.717, 1.165) is 28.6 Å². The Kier molecular flexibility index (Phi) is 4.75. The molecule has 6 heteroatoms. The van der Waals surface area contributed by atoms with E-state index in [1.807, 2.05) is 48.5 Å². The molecule has 1 N–H and O–H groups in total. The van der Waals surface area contributed by atoms with Crippen molar-refractivity contribution in [3.8, 4) is 17.2 Å². The van der Waals surface area contributed by atoms with Crippen molar-refractivity contribution in [2.24, 2.45) is 5.92 Å². The molecule has 0 atom stereocenters. The molecule has 1 fully saturated rings. The van der Waals surface area contributed by atoms with Crippen LogP contribution in [-0.2, 0) is 11.4 Å². The Morgan fingerprint density at radius 2 is 2.04 bits per heavy atom. The first-order valence-electron chi connectivity index (χ1n) is 8.41. The SMILES string of the molecule is O=C(Nc1cccc(OCc2coc(-c3ccc(Br)cc3)n2)c1)C1CC1. The van der Waals surface area contributed by atoms with Crippen LogP contribution < -0.4 is 10.1 Å². The van der Waals surface area contributed by atoms with Crippen LogP contribution in [0.4, 0.5) is 5.69 Å². The first kappa shape index (κ1) is 16.8. The van der Waals surface area contributed by atoms with E-state index in [4.69, 9.17) is 9.15 Å². The molecule has 1 aliphatic rings. The molecule has 0 radical (unpaired) electrons. The van der Waals surface area contributed by atoms with Crippen molar-refractivity contribution in [2.45, 2.75) is 19.4 Å². The van der Waals surface area contributed by atoms with Gasteiger partial charge in [0.25, 0.3) is 0 Å². The molecular weight excluding hydrogens is 396 g/mol. The van der Waals surface area contributed by atoms with Crippen LogP contribution in [0.25, 0.3) is 11.5 Å². The fraction of sp³-hybridized carbons (Fsp3) is 0.200. The average Bonchev–Trinajstić information content (AvgIpc) is 3.40. The number of nitrogens with one attached hydrogen (secondary N) is 1. The van der Waals surface area contributed by atoms with Gasteiger partial charge in [-0.1, -0.05) is 22.0 Å². The molecular formula is C20H17BrN2O3. The van der Waals surface area contributed by atoms with Gasteiger partial charge in [0.15, 0.2) is 0 Å². The Morgan fingerprint density at radius 3 is 2.81 bits per heavy atom. The first-order chi connectivity index (χ1) is 12.7. The molecule has 3 aromatic rings. The summed E-state index contributed by atoms with van der Waals surface area (Å²) in [5.74, 6) is 1.48. The van der Waals surface area contributed by atoms with Gasteiger partial charge < -0.3 is 14.5 Å². The summed E-state index contributed by atoms with van der Waals surface area (Å²) in [4.78, 5) is 16.3. The summed E-state index contributed by atoms with van der Waals surface area (Å²) < 4.78 is 12.3. The fourth-order valence-corrected chi connectivity index (χ4v) is 2.77. The van der Waals surface area contributed by atoms with E-state index < -0.39 is 0 Å². The molecule has 2 aromatic carbocycles. The monoisotopic (exact) mass is 412 g/mol. The third-order valence-electron chi connectivity index (χ3n) is 4.08. The molecule has 1 amide bonds. The quantitative estimate of drug-likeness (QED) is 0.616. The molecule has 1 aromatic heterocycles. The van der Waals surface area contributed by atoms with Gasteiger partial charge in [0, 0.05) is 27.7 Å². The number of carbonyl (C=O) groups is 1. The first-order valence-corrected chi connectivity index (χ1v) is 9.21. The van der Waals surface area contributed by atoms with E-state index in [0.29, 0.717) is 23.9 Å². The van der Waals surface area contributed by atoms with Crippen molar-refractivity contribution >= 4 is 27.5 Å². The second-order valence-electron chi connectivity index (χ2n) is 6.23. The number of benzene rings is 2. The van der Waals surface area contributed by atoms with Gasteiger partial charge in [-0.15, -0.1) is 0 Å². The normalized spacial score (nSPS) is 13.4. The molecule has 1 saturated carbocycles. The summed E-state index contributed by atoms with van der Waals surface area (Å²) in [5.41, 5.74) is 2.36. The van der Waals surface area contributed by atoms with Gasteiger partial charge in [-0.3, -0.25) is 4.79 Å². The predicted molar refractivity (Wildman–Crippen MR) is 102 cm³/mol. The average molecular weight is 413 g/mol. The zero-order valence-electron chi connectivity index (χ0n) is 13.9. The number of aromatic nitrogens is 1. The summed E-state index contributed by atoms with van der Waals surface area (Å²) in [6.45, 7) is 0.292. The van der Waals surface area contributed by atoms with Crippen LogP contribution in [0, 0.1) is 5.92 Å². The predicted octanol–water partition coefficient (Wildman–Crippen LogP) is 5.03. The molecule has 5 nitrogen and oxygen atoms in total. The number of hydrogen-bond acceptors (Lipinski definition) is 4. The van der Waals surface area contributed by atoms with Crippen LogP contribution in [0.1, 0.15) is 18.5 Å². The van der Waals surface area contributed by atoms with Crippen LogP contribution in [0.5, 0.6) is 5.75 Å². The molecule has 26 heavy (non-hydrogen) atoms. The van der Waals surface area contributed by atoms with Gasteiger partial charge in [0.1, 0.15) is 24.3 Å². The van der Waals surface area contributed by atoms with E-state index in [-0.39, 0.29) is 11.8 Å².